The van der Waals surface area contributed by atoms with E-state index in [9.17, 15) is 9.59 Å². The summed E-state index contributed by atoms with van der Waals surface area (Å²) in [5.41, 5.74) is 2.48. The van der Waals surface area contributed by atoms with Crippen LogP contribution in [-0.2, 0) is 22.4 Å². The van der Waals surface area contributed by atoms with Crippen molar-refractivity contribution < 1.29 is 14.3 Å². The van der Waals surface area contributed by atoms with Gasteiger partial charge < -0.3 is 10.1 Å². The molecule has 0 spiro atoms. The molecule has 0 saturated heterocycles. The highest BCUT2D eigenvalue weighted by molar-refractivity contribution is 7.12. The van der Waals surface area contributed by atoms with Gasteiger partial charge in [-0.15, -0.1) is 11.3 Å². The molecule has 1 aromatic carbocycles. The number of benzene rings is 1. The van der Waals surface area contributed by atoms with Crippen molar-refractivity contribution in [2.45, 2.75) is 33.6 Å². The molecule has 0 unspecified atom stereocenters. The smallest absolute Gasteiger partial charge is 0.348 e. The highest BCUT2D eigenvalue weighted by atomic mass is 32.1. The maximum atomic E-state index is 12.1. The van der Waals surface area contributed by atoms with Crippen LogP contribution in [0.3, 0.4) is 0 Å². The molecule has 1 heterocycles. The lowest BCUT2D eigenvalue weighted by atomic mass is 9.95. The third kappa shape index (κ3) is 4.68. The van der Waals surface area contributed by atoms with Gasteiger partial charge >= 0.3 is 5.97 Å². The monoisotopic (exact) mass is 345 g/mol. The topological polar surface area (TPSA) is 55.4 Å². The number of hydrogen-bond acceptors (Lipinski definition) is 4. The largest absolute Gasteiger partial charge is 0.465 e. The molecule has 0 aliphatic carbocycles. The van der Waals surface area contributed by atoms with Gasteiger partial charge in [0, 0.05) is 11.1 Å². The van der Waals surface area contributed by atoms with E-state index in [1.807, 2.05) is 56.5 Å². The highest BCUT2D eigenvalue weighted by Crippen LogP contribution is 2.22. The van der Waals surface area contributed by atoms with Gasteiger partial charge in [0.15, 0.2) is 0 Å². The summed E-state index contributed by atoms with van der Waals surface area (Å²) in [5.74, 6) is -0.295. The second-order valence-electron chi connectivity index (χ2n) is 6.67. The van der Waals surface area contributed by atoms with Crippen molar-refractivity contribution in [3.8, 4) is 0 Å². The maximum Gasteiger partial charge on any atom is 0.348 e. The van der Waals surface area contributed by atoms with Crippen LogP contribution in [0.2, 0.25) is 0 Å². The first-order valence-corrected chi connectivity index (χ1v) is 8.74. The van der Waals surface area contributed by atoms with Gasteiger partial charge in [-0.1, -0.05) is 32.9 Å². The third-order valence-corrected chi connectivity index (χ3v) is 4.60. The van der Waals surface area contributed by atoms with Crippen molar-refractivity contribution in [3.05, 3.63) is 51.7 Å². The highest BCUT2D eigenvalue weighted by Gasteiger charge is 2.21. The van der Waals surface area contributed by atoms with Gasteiger partial charge in [0.25, 0.3) is 0 Å². The maximum absolute atomic E-state index is 12.1. The van der Waals surface area contributed by atoms with Crippen molar-refractivity contribution >= 4 is 28.9 Å². The van der Waals surface area contributed by atoms with Crippen molar-refractivity contribution in [3.63, 3.8) is 0 Å². The Morgan fingerprint density at radius 1 is 1.17 bits per heavy atom. The fourth-order valence-electron chi connectivity index (χ4n) is 2.21. The molecule has 128 valence electrons. The molecular weight excluding hydrogens is 322 g/mol. The molecular formula is C19H23NO3S. The molecule has 1 N–H and O–H groups in total. The Hall–Kier alpha value is -2.14. The van der Waals surface area contributed by atoms with E-state index in [4.69, 9.17) is 4.74 Å². The summed E-state index contributed by atoms with van der Waals surface area (Å²) in [6.07, 6.45) is 1.55. The van der Waals surface area contributed by atoms with Crippen LogP contribution in [0.4, 0.5) is 5.69 Å². The van der Waals surface area contributed by atoms with E-state index in [2.05, 4.69) is 5.32 Å². The summed E-state index contributed by atoms with van der Waals surface area (Å²) in [7, 11) is 1.40. The van der Waals surface area contributed by atoms with Crippen molar-refractivity contribution in [1.29, 1.82) is 0 Å². The first-order chi connectivity index (χ1) is 11.3. The Morgan fingerprint density at radius 2 is 1.92 bits per heavy atom. The number of esters is 1. The minimum atomic E-state index is -0.428. The predicted molar refractivity (Wildman–Crippen MR) is 97.6 cm³/mol. The molecule has 4 nitrogen and oxygen atoms in total. The number of carbonyl (C=O) groups is 2. The molecule has 0 saturated carbocycles. The summed E-state index contributed by atoms with van der Waals surface area (Å²) in [6, 6.07) is 9.78. The molecule has 24 heavy (non-hydrogen) atoms. The molecule has 1 aromatic heterocycles. The predicted octanol–water partition coefficient (Wildman–Crippen LogP) is 4.30. The lowest BCUT2D eigenvalue weighted by Gasteiger charge is -2.18. The van der Waals surface area contributed by atoms with Gasteiger partial charge in [0.05, 0.1) is 7.11 Å². The number of thiophene rings is 1. The Labute approximate surface area is 146 Å². The number of carbonyl (C=O) groups excluding carboxylic acids is 2. The van der Waals surface area contributed by atoms with E-state index in [-0.39, 0.29) is 11.9 Å². The number of amides is 1. The van der Waals surface area contributed by atoms with Crippen LogP contribution >= 0.6 is 11.3 Å². The van der Waals surface area contributed by atoms with E-state index in [0.717, 1.165) is 29.7 Å². The van der Waals surface area contributed by atoms with E-state index < -0.39 is 5.41 Å². The molecule has 5 heteroatoms. The minimum Gasteiger partial charge on any atom is -0.465 e. The van der Waals surface area contributed by atoms with Crippen LogP contribution in [0.1, 0.15) is 41.6 Å². The SMILES string of the molecule is COC(=O)c1sccc1CCc1cccc(NC(=O)C(C)(C)C)c1. The summed E-state index contributed by atoms with van der Waals surface area (Å²) in [6.45, 7) is 5.66. The zero-order valence-electron chi connectivity index (χ0n) is 14.5. The Bertz CT molecular complexity index is 728. The summed E-state index contributed by atoms with van der Waals surface area (Å²) in [5, 5.41) is 4.85. The van der Waals surface area contributed by atoms with Crippen LogP contribution in [0.25, 0.3) is 0 Å². The molecule has 0 radical (unpaired) electrons. The van der Waals surface area contributed by atoms with Gasteiger partial charge in [-0.25, -0.2) is 4.79 Å². The first-order valence-electron chi connectivity index (χ1n) is 7.86. The van der Waals surface area contributed by atoms with Gasteiger partial charge in [-0.3, -0.25) is 4.79 Å². The quantitative estimate of drug-likeness (QED) is 0.822. The van der Waals surface area contributed by atoms with E-state index in [0.29, 0.717) is 4.88 Å². The fraction of sp³-hybridized carbons (Fsp3) is 0.368. The molecule has 2 rings (SSSR count). The second-order valence-corrected chi connectivity index (χ2v) is 7.59. The van der Waals surface area contributed by atoms with Crippen LogP contribution in [0.5, 0.6) is 0 Å². The van der Waals surface area contributed by atoms with Crippen LogP contribution in [0, 0.1) is 5.41 Å². The number of aryl methyl sites for hydroxylation is 2. The first kappa shape index (κ1) is 18.2. The van der Waals surface area contributed by atoms with Crippen LogP contribution in [-0.4, -0.2) is 19.0 Å². The molecule has 0 fully saturated rings. The molecule has 0 aliphatic rings. The third-order valence-electron chi connectivity index (χ3n) is 3.67. The molecule has 0 aliphatic heterocycles. The van der Waals surface area contributed by atoms with Crippen LogP contribution < -0.4 is 5.32 Å². The Morgan fingerprint density at radius 3 is 2.58 bits per heavy atom. The Kier molecular flexibility index (Phi) is 5.78. The minimum absolute atomic E-state index is 0.00883. The molecule has 0 bridgehead atoms. The van der Waals surface area contributed by atoms with Crippen molar-refractivity contribution in [1.82, 2.24) is 0 Å². The van der Waals surface area contributed by atoms with E-state index in [1.165, 1.54) is 18.4 Å². The Balaban J connectivity index is 2.04. The molecule has 2 aromatic rings. The van der Waals surface area contributed by atoms with Crippen molar-refractivity contribution in [2.75, 3.05) is 12.4 Å². The van der Waals surface area contributed by atoms with E-state index >= 15 is 0 Å². The lowest BCUT2D eigenvalue weighted by Crippen LogP contribution is -2.27. The fourth-order valence-corrected chi connectivity index (χ4v) is 3.08. The summed E-state index contributed by atoms with van der Waals surface area (Å²) < 4.78 is 4.81. The zero-order valence-corrected chi connectivity index (χ0v) is 15.3. The zero-order chi connectivity index (χ0) is 17.7. The number of rotatable bonds is 5. The standard InChI is InChI=1S/C19H23NO3S/c1-19(2,3)18(22)20-15-7-5-6-13(12-15)8-9-14-10-11-24-16(14)17(21)23-4/h5-7,10-12H,8-9H2,1-4H3,(H,20,22). The molecule has 0 atom stereocenters. The lowest BCUT2D eigenvalue weighted by molar-refractivity contribution is -0.123. The summed E-state index contributed by atoms with van der Waals surface area (Å²) in [4.78, 5) is 24.5. The number of ether oxygens (including phenoxy) is 1. The van der Waals surface area contributed by atoms with Crippen molar-refractivity contribution in [2.24, 2.45) is 5.41 Å². The normalized spacial score (nSPS) is 11.2. The van der Waals surface area contributed by atoms with Gasteiger partial charge in [-0.2, -0.15) is 0 Å². The number of nitrogens with one attached hydrogen (secondary N) is 1. The second kappa shape index (κ2) is 7.62. The molecule has 1 amide bonds. The van der Waals surface area contributed by atoms with Gasteiger partial charge in [-0.05, 0) is 47.5 Å². The van der Waals surface area contributed by atoms with E-state index in [1.54, 1.807) is 0 Å². The summed E-state index contributed by atoms with van der Waals surface area (Å²) >= 11 is 1.40. The number of methoxy groups -OCH3 is 1. The van der Waals surface area contributed by atoms with Crippen LogP contribution in [0.15, 0.2) is 35.7 Å². The number of hydrogen-bond donors (Lipinski definition) is 1. The average Bonchev–Trinajstić information content (AvgIpc) is 3.00. The van der Waals surface area contributed by atoms with Gasteiger partial charge in [0.2, 0.25) is 5.91 Å². The average molecular weight is 345 g/mol. The number of anilines is 1. The van der Waals surface area contributed by atoms with Gasteiger partial charge in [0.1, 0.15) is 4.88 Å².